The molecule has 0 amide bonds. The number of rotatable bonds is 3. The van der Waals surface area contributed by atoms with Crippen molar-refractivity contribution >= 4 is 22.8 Å². The van der Waals surface area contributed by atoms with Crippen molar-refractivity contribution in [2.24, 2.45) is 0 Å². The second kappa shape index (κ2) is 5.32. The van der Waals surface area contributed by atoms with E-state index in [0.29, 0.717) is 17.7 Å². The summed E-state index contributed by atoms with van der Waals surface area (Å²) in [5, 5.41) is 4.00. The van der Waals surface area contributed by atoms with Gasteiger partial charge in [-0.1, -0.05) is 18.2 Å². The molecule has 106 valence electrons. The third-order valence-electron chi connectivity index (χ3n) is 3.13. The van der Waals surface area contributed by atoms with Crippen molar-refractivity contribution in [3.8, 4) is 11.4 Å². The zero-order valence-corrected chi connectivity index (χ0v) is 12.2. The number of nitrogens with zero attached hydrogens (tertiary/aromatic N) is 5. The first-order valence-corrected chi connectivity index (χ1v) is 6.64. The minimum atomic E-state index is 0.546. The Bertz CT molecular complexity index is 779. The van der Waals surface area contributed by atoms with Gasteiger partial charge in [0.05, 0.1) is 5.52 Å². The largest absolute Gasteiger partial charge is 0.357 e. The molecular formula is C15H16N6. The summed E-state index contributed by atoms with van der Waals surface area (Å²) in [5.74, 6) is 1.80. The van der Waals surface area contributed by atoms with Crippen LogP contribution in [0.3, 0.4) is 0 Å². The van der Waals surface area contributed by atoms with E-state index in [9.17, 15) is 0 Å². The number of hydrogen-bond acceptors (Lipinski definition) is 6. The summed E-state index contributed by atoms with van der Waals surface area (Å²) in [6.45, 7) is 0. The third-order valence-corrected chi connectivity index (χ3v) is 3.13. The number of anilines is 2. The van der Waals surface area contributed by atoms with Crippen LogP contribution in [-0.2, 0) is 0 Å². The van der Waals surface area contributed by atoms with Gasteiger partial charge in [-0.15, -0.1) is 0 Å². The maximum atomic E-state index is 4.54. The predicted octanol–water partition coefficient (Wildman–Crippen LogP) is 2.19. The molecule has 0 unspecified atom stereocenters. The van der Waals surface area contributed by atoms with Crippen molar-refractivity contribution in [1.29, 1.82) is 0 Å². The molecule has 0 saturated heterocycles. The summed E-state index contributed by atoms with van der Waals surface area (Å²) < 4.78 is 0. The summed E-state index contributed by atoms with van der Waals surface area (Å²) in [4.78, 5) is 19.6. The first-order valence-electron chi connectivity index (χ1n) is 6.64. The summed E-state index contributed by atoms with van der Waals surface area (Å²) in [6, 6.07) is 9.88. The lowest BCUT2D eigenvalue weighted by Gasteiger charge is -2.13. The van der Waals surface area contributed by atoms with Gasteiger partial charge in [0.1, 0.15) is 0 Å². The SMILES string of the molecule is CNc1nc(-c2cccc3ncccc23)nc(N(C)C)n1. The monoisotopic (exact) mass is 280 g/mol. The van der Waals surface area contributed by atoms with Gasteiger partial charge in [-0.3, -0.25) is 4.98 Å². The van der Waals surface area contributed by atoms with Gasteiger partial charge in [0.2, 0.25) is 11.9 Å². The van der Waals surface area contributed by atoms with Crippen LogP contribution in [0.5, 0.6) is 0 Å². The molecule has 0 aliphatic rings. The average molecular weight is 280 g/mol. The third kappa shape index (κ3) is 2.47. The number of aromatic nitrogens is 4. The van der Waals surface area contributed by atoms with E-state index in [1.54, 1.807) is 13.2 Å². The highest BCUT2D eigenvalue weighted by Crippen LogP contribution is 2.26. The Balaban J connectivity index is 2.25. The Kier molecular flexibility index (Phi) is 3.35. The van der Waals surface area contributed by atoms with Gasteiger partial charge in [-0.05, 0) is 12.1 Å². The molecule has 3 aromatic rings. The van der Waals surface area contributed by atoms with Crippen LogP contribution in [0.15, 0.2) is 36.5 Å². The van der Waals surface area contributed by atoms with E-state index < -0.39 is 0 Å². The van der Waals surface area contributed by atoms with Crippen LogP contribution in [-0.4, -0.2) is 41.1 Å². The molecule has 1 N–H and O–H groups in total. The second-order valence-electron chi connectivity index (χ2n) is 4.80. The summed E-state index contributed by atoms with van der Waals surface area (Å²) >= 11 is 0. The van der Waals surface area contributed by atoms with Gasteiger partial charge in [-0.2, -0.15) is 15.0 Å². The number of hydrogen-bond donors (Lipinski definition) is 1. The van der Waals surface area contributed by atoms with Crippen molar-refractivity contribution in [3.05, 3.63) is 36.5 Å². The highest BCUT2D eigenvalue weighted by molar-refractivity contribution is 5.92. The molecule has 0 spiro atoms. The van der Waals surface area contributed by atoms with Crippen molar-refractivity contribution < 1.29 is 0 Å². The molecule has 0 fully saturated rings. The molecule has 6 nitrogen and oxygen atoms in total. The average Bonchev–Trinajstić information content (AvgIpc) is 2.53. The van der Waals surface area contributed by atoms with Crippen LogP contribution >= 0.6 is 0 Å². The smallest absolute Gasteiger partial charge is 0.230 e. The minimum Gasteiger partial charge on any atom is -0.357 e. The highest BCUT2D eigenvalue weighted by atomic mass is 15.3. The van der Waals surface area contributed by atoms with E-state index in [0.717, 1.165) is 16.5 Å². The van der Waals surface area contributed by atoms with Crippen LogP contribution in [0.25, 0.3) is 22.3 Å². The Morgan fingerprint density at radius 1 is 1.00 bits per heavy atom. The van der Waals surface area contributed by atoms with Gasteiger partial charge in [0, 0.05) is 38.3 Å². The molecule has 1 aromatic carbocycles. The molecule has 0 bridgehead atoms. The van der Waals surface area contributed by atoms with E-state index in [1.165, 1.54) is 0 Å². The normalized spacial score (nSPS) is 10.6. The van der Waals surface area contributed by atoms with Gasteiger partial charge >= 0.3 is 0 Å². The summed E-state index contributed by atoms with van der Waals surface area (Å²) in [5.41, 5.74) is 1.87. The number of benzene rings is 1. The molecule has 0 atom stereocenters. The van der Waals surface area contributed by atoms with Gasteiger partial charge < -0.3 is 10.2 Å². The van der Waals surface area contributed by atoms with Crippen molar-refractivity contribution in [2.75, 3.05) is 31.4 Å². The van der Waals surface area contributed by atoms with Gasteiger partial charge in [-0.25, -0.2) is 0 Å². The number of nitrogens with one attached hydrogen (secondary N) is 1. The highest BCUT2D eigenvalue weighted by Gasteiger charge is 2.11. The molecule has 0 aliphatic heterocycles. The quantitative estimate of drug-likeness (QED) is 0.793. The molecule has 21 heavy (non-hydrogen) atoms. The van der Waals surface area contributed by atoms with Crippen molar-refractivity contribution in [3.63, 3.8) is 0 Å². The molecular weight excluding hydrogens is 264 g/mol. The van der Waals surface area contributed by atoms with Crippen molar-refractivity contribution in [2.45, 2.75) is 0 Å². The van der Waals surface area contributed by atoms with Crippen LogP contribution in [0.4, 0.5) is 11.9 Å². The molecule has 0 saturated carbocycles. The fourth-order valence-corrected chi connectivity index (χ4v) is 2.10. The van der Waals surface area contributed by atoms with Crippen LogP contribution in [0, 0.1) is 0 Å². The number of fused-ring (bicyclic) bond motifs is 1. The Morgan fingerprint density at radius 3 is 2.62 bits per heavy atom. The summed E-state index contributed by atoms with van der Waals surface area (Å²) in [6.07, 6.45) is 1.78. The van der Waals surface area contributed by atoms with E-state index in [2.05, 4.69) is 25.3 Å². The van der Waals surface area contributed by atoms with E-state index in [4.69, 9.17) is 0 Å². The van der Waals surface area contributed by atoms with Crippen LogP contribution in [0.2, 0.25) is 0 Å². The molecule has 0 radical (unpaired) electrons. The Labute approximate surface area is 122 Å². The van der Waals surface area contributed by atoms with E-state index in [1.807, 2.05) is 49.3 Å². The van der Waals surface area contributed by atoms with Crippen LogP contribution in [0.1, 0.15) is 0 Å². The standard InChI is InChI=1S/C15H16N6/c1-16-14-18-13(19-15(20-14)21(2)3)11-6-4-8-12-10(11)7-5-9-17-12/h4-9H,1-3H3,(H,16,18,19,20). The predicted molar refractivity (Wildman–Crippen MR) is 84.4 cm³/mol. The lowest BCUT2D eigenvalue weighted by atomic mass is 10.1. The van der Waals surface area contributed by atoms with Crippen LogP contribution < -0.4 is 10.2 Å². The Morgan fingerprint density at radius 2 is 1.86 bits per heavy atom. The lowest BCUT2D eigenvalue weighted by molar-refractivity contribution is 0.964. The van der Waals surface area contributed by atoms with Gasteiger partial charge in [0.25, 0.3) is 0 Å². The maximum Gasteiger partial charge on any atom is 0.230 e. The first kappa shape index (κ1) is 13.2. The zero-order chi connectivity index (χ0) is 14.8. The minimum absolute atomic E-state index is 0.546. The second-order valence-corrected chi connectivity index (χ2v) is 4.80. The van der Waals surface area contributed by atoms with Crippen molar-refractivity contribution in [1.82, 2.24) is 19.9 Å². The lowest BCUT2D eigenvalue weighted by Crippen LogP contribution is -2.15. The van der Waals surface area contributed by atoms with E-state index >= 15 is 0 Å². The molecule has 3 rings (SSSR count). The maximum absolute atomic E-state index is 4.54. The molecule has 6 heteroatoms. The number of pyridine rings is 1. The topological polar surface area (TPSA) is 66.8 Å². The fraction of sp³-hybridized carbons (Fsp3) is 0.200. The summed E-state index contributed by atoms with van der Waals surface area (Å²) in [7, 11) is 5.61. The molecule has 0 aliphatic carbocycles. The van der Waals surface area contributed by atoms with Gasteiger partial charge in [0.15, 0.2) is 5.82 Å². The fourth-order valence-electron chi connectivity index (χ4n) is 2.10. The molecule has 2 aromatic heterocycles. The zero-order valence-electron chi connectivity index (χ0n) is 12.2. The van der Waals surface area contributed by atoms with E-state index in [-0.39, 0.29) is 0 Å². The molecule has 2 heterocycles. The first-order chi connectivity index (χ1) is 10.2. The Hall–Kier alpha value is -2.76.